The second-order valence-electron chi connectivity index (χ2n) is 4.75. The molecule has 0 atom stereocenters. The molecule has 0 heterocycles. The monoisotopic (exact) mass is 268 g/mol. The SMILES string of the molecule is CNCCc1ccc(S(=O)(=O)NC2CCC2)cc1. The van der Waals surface area contributed by atoms with E-state index in [2.05, 4.69) is 10.0 Å². The van der Waals surface area contributed by atoms with Crippen molar-refractivity contribution in [3.8, 4) is 0 Å². The lowest BCUT2D eigenvalue weighted by atomic mass is 9.94. The van der Waals surface area contributed by atoms with Crippen molar-refractivity contribution in [2.75, 3.05) is 13.6 Å². The molecule has 0 radical (unpaired) electrons. The van der Waals surface area contributed by atoms with Crippen LogP contribution in [0.2, 0.25) is 0 Å². The number of hydrogen-bond acceptors (Lipinski definition) is 3. The third-order valence-electron chi connectivity index (χ3n) is 3.32. The van der Waals surface area contributed by atoms with Crippen molar-refractivity contribution in [3.63, 3.8) is 0 Å². The Labute approximate surface area is 109 Å². The Morgan fingerprint density at radius 2 is 1.89 bits per heavy atom. The molecule has 0 amide bonds. The van der Waals surface area contributed by atoms with E-state index in [4.69, 9.17) is 0 Å². The van der Waals surface area contributed by atoms with Gasteiger partial charge < -0.3 is 5.32 Å². The van der Waals surface area contributed by atoms with Crippen molar-refractivity contribution < 1.29 is 8.42 Å². The molecule has 1 fully saturated rings. The van der Waals surface area contributed by atoms with Gasteiger partial charge in [0.15, 0.2) is 0 Å². The number of likely N-dealkylation sites (N-methyl/N-ethyl adjacent to an activating group) is 1. The first kappa shape index (κ1) is 13.5. The van der Waals surface area contributed by atoms with E-state index in [1.807, 2.05) is 19.2 Å². The Hall–Kier alpha value is -0.910. The van der Waals surface area contributed by atoms with Crippen molar-refractivity contribution in [1.82, 2.24) is 10.0 Å². The van der Waals surface area contributed by atoms with Crippen molar-refractivity contribution in [3.05, 3.63) is 29.8 Å². The first-order valence-corrected chi connectivity index (χ1v) is 7.86. The summed E-state index contributed by atoms with van der Waals surface area (Å²) in [6, 6.07) is 7.27. The molecule has 1 saturated carbocycles. The molecule has 2 N–H and O–H groups in total. The standard InChI is InChI=1S/C13H20N2O2S/c1-14-10-9-11-5-7-13(8-6-11)18(16,17)15-12-3-2-4-12/h5-8,12,14-15H,2-4,9-10H2,1H3. The molecule has 1 aromatic rings. The molecule has 5 heteroatoms. The molecule has 0 saturated heterocycles. The van der Waals surface area contributed by atoms with Gasteiger partial charge in [0.1, 0.15) is 0 Å². The van der Waals surface area contributed by atoms with Gasteiger partial charge in [-0.3, -0.25) is 0 Å². The zero-order valence-corrected chi connectivity index (χ0v) is 11.5. The summed E-state index contributed by atoms with van der Waals surface area (Å²) in [6.45, 7) is 0.895. The highest BCUT2D eigenvalue weighted by molar-refractivity contribution is 7.89. The Kier molecular flexibility index (Phi) is 4.37. The molecule has 0 spiro atoms. The number of hydrogen-bond donors (Lipinski definition) is 2. The van der Waals surface area contributed by atoms with Crippen LogP contribution in [-0.2, 0) is 16.4 Å². The zero-order chi connectivity index (χ0) is 13.0. The molecule has 0 unspecified atom stereocenters. The van der Waals surface area contributed by atoms with E-state index in [0.717, 1.165) is 37.8 Å². The quantitative estimate of drug-likeness (QED) is 0.817. The lowest BCUT2D eigenvalue weighted by Gasteiger charge is -2.26. The van der Waals surface area contributed by atoms with Crippen LogP contribution in [0.5, 0.6) is 0 Å². The van der Waals surface area contributed by atoms with E-state index in [-0.39, 0.29) is 6.04 Å². The smallest absolute Gasteiger partial charge is 0.240 e. The maximum Gasteiger partial charge on any atom is 0.240 e. The van der Waals surface area contributed by atoms with E-state index in [1.165, 1.54) is 0 Å². The summed E-state index contributed by atoms with van der Waals surface area (Å²) in [6.07, 6.45) is 3.95. The first-order chi connectivity index (χ1) is 8.62. The van der Waals surface area contributed by atoms with Gasteiger partial charge in [-0.15, -0.1) is 0 Å². The minimum Gasteiger partial charge on any atom is -0.319 e. The van der Waals surface area contributed by atoms with Gasteiger partial charge in [-0.1, -0.05) is 18.6 Å². The summed E-state index contributed by atoms with van der Waals surface area (Å²) in [5.74, 6) is 0. The summed E-state index contributed by atoms with van der Waals surface area (Å²) in [5, 5.41) is 3.07. The Balaban J connectivity index is 2.03. The summed E-state index contributed by atoms with van der Waals surface area (Å²) < 4.78 is 26.8. The van der Waals surface area contributed by atoms with Crippen LogP contribution in [-0.4, -0.2) is 28.1 Å². The molecule has 100 valence electrons. The molecular weight excluding hydrogens is 248 g/mol. The molecule has 4 nitrogen and oxygen atoms in total. The van der Waals surface area contributed by atoms with Crippen LogP contribution >= 0.6 is 0 Å². The highest BCUT2D eigenvalue weighted by atomic mass is 32.2. The highest BCUT2D eigenvalue weighted by Crippen LogP contribution is 2.21. The molecule has 1 aromatic carbocycles. The zero-order valence-electron chi connectivity index (χ0n) is 10.6. The fourth-order valence-corrected chi connectivity index (χ4v) is 3.22. The normalized spacial score (nSPS) is 16.5. The number of rotatable bonds is 6. The second kappa shape index (κ2) is 5.82. The lowest BCUT2D eigenvalue weighted by Crippen LogP contribution is -2.39. The third kappa shape index (κ3) is 3.31. The average molecular weight is 268 g/mol. The molecule has 2 rings (SSSR count). The predicted octanol–water partition coefficient (Wildman–Crippen LogP) is 1.28. The van der Waals surface area contributed by atoms with E-state index in [9.17, 15) is 8.42 Å². The summed E-state index contributed by atoms with van der Waals surface area (Å²) in [7, 11) is -1.42. The molecule has 0 aliphatic heterocycles. The fourth-order valence-electron chi connectivity index (χ4n) is 1.92. The van der Waals surface area contributed by atoms with Gasteiger partial charge in [0.05, 0.1) is 4.90 Å². The van der Waals surface area contributed by atoms with Crippen molar-refractivity contribution >= 4 is 10.0 Å². The van der Waals surface area contributed by atoms with Gasteiger partial charge in [-0.2, -0.15) is 0 Å². The number of sulfonamides is 1. The lowest BCUT2D eigenvalue weighted by molar-refractivity contribution is 0.383. The van der Waals surface area contributed by atoms with E-state index < -0.39 is 10.0 Å². The minimum atomic E-state index is -3.32. The molecule has 0 aromatic heterocycles. The van der Waals surface area contributed by atoms with Crippen LogP contribution in [0.4, 0.5) is 0 Å². The second-order valence-corrected chi connectivity index (χ2v) is 6.46. The van der Waals surface area contributed by atoms with Crippen molar-refractivity contribution in [2.24, 2.45) is 0 Å². The van der Waals surface area contributed by atoms with Gasteiger partial charge >= 0.3 is 0 Å². The van der Waals surface area contributed by atoms with Gasteiger partial charge in [-0.05, 0) is 50.6 Å². The van der Waals surface area contributed by atoms with Gasteiger partial charge in [-0.25, -0.2) is 13.1 Å². The number of nitrogens with one attached hydrogen (secondary N) is 2. The molecule has 18 heavy (non-hydrogen) atoms. The first-order valence-electron chi connectivity index (χ1n) is 6.38. The van der Waals surface area contributed by atoms with Crippen molar-refractivity contribution in [2.45, 2.75) is 36.6 Å². The van der Waals surface area contributed by atoms with E-state index in [0.29, 0.717) is 4.90 Å². The van der Waals surface area contributed by atoms with Crippen LogP contribution in [0, 0.1) is 0 Å². The Morgan fingerprint density at radius 3 is 2.39 bits per heavy atom. The predicted molar refractivity (Wildman–Crippen MR) is 72.0 cm³/mol. The van der Waals surface area contributed by atoms with Crippen LogP contribution in [0.3, 0.4) is 0 Å². The highest BCUT2D eigenvalue weighted by Gasteiger charge is 2.24. The topological polar surface area (TPSA) is 58.2 Å². The maximum atomic E-state index is 12.0. The Bertz CT molecular complexity index is 478. The van der Waals surface area contributed by atoms with Crippen LogP contribution in [0.15, 0.2) is 29.2 Å². The van der Waals surface area contributed by atoms with Gasteiger partial charge in [0.25, 0.3) is 0 Å². The average Bonchev–Trinajstić information content (AvgIpc) is 2.32. The molecular formula is C13H20N2O2S. The maximum absolute atomic E-state index is 12.0. The van der Waals surface area contributed by atoms with Crippen molar-refractivity contribution in [1.29, 1.82) is 0 Å². The number of benzene rings is 1. The largest absolute Gasteiger partial charge is 0.319 e. The minimum absolute atomic E-state index is 0.138. The molecule has 1 aliphatic carbocycles. The Morgan fingerprint density at radius 1 is 1.22 bits per heavy atom. The van der Waals surface area contributed by atoms with Gasteiger partial charge in [0.2, 0.25) is 10.0 Å². The fraction of sp³-hybridized carbons (Fsp3) is 0.538. The third-order valence-corrected chi connectivity index (χ3v) is 4.86. The summed E-state index contributed by atoms with van der Waals surface area (Å²) in [5.41, 5.74) is 1.15. The molecule has 0 bridgehead atoms. The molecule has 1 aliphatic rings. The van der Waals surface area contributed by atoms with Gasteiger partial charge in [0, 0.05) is 6.04 Å². The van der Waals surface area contributed by atoms with Crippen LogP contribution < -0.4 is 10.0 Å². The van der Waals surface area contributed by atoms with Crippen LogP contribution in [0.25, 0.3) is 0 Å². The summed E-state index contributed by atoms with van der Waals surface area (Å²) >= 11 is 0. The van der Waals surface area contributed by atoms with E-state index >= 15 is 0 Å². The van der Waals surface area contributed by atoms with Crippen LogP contribution in [0.1, 0.15) is 24.8 Å². The summed E-state index contributed by atoms with van der Waals surface area (Å²) in [4.78, 5) is 0.364. The van der Waals surface area contributed by atoms with E-state index in [1.54, 1.807) is 12.1 Å².